The Morgan fingerprint density at radius 3 is 3.11 bits per heavy atom. The van der Waals surface area contributed by atoms with Gasteiger partial charge in [0.2, 0.25) is 0 Å². The fraction of sp³-hybridized carbons (Fsp3) is 0.667. The van der Waals surface area contributed by atoms with E-state index >= 15 is 0 Å². The SMILES string of the molecule is CNc1cccc(N2CCC3(O)CCCCC3C2)n1. The van der Waals surface area contributed by atoms with E-state index < -0.39 is 5.60 Å². The Balaban J connectivity index is 1.76. The van der Waals surface area contributed by atoms with Crippen LogP contribution in [-0.4, -0.2) is 35.8 Å². The molecule has 0 amide bonds. The van der Waals surface area contributed by atoms with Gasteiger partial charge in [0.05, 0.1) is 5.60 Å². The largest absolute Gasteiger partial charge is 0.389 e. The molecule has 2 unspecified atom stereocenters. The van der Waals surface area contributed by atoms with Crippen molar-refractivity contribution in [3.8, 4) is 0 Å². The second-order valence-corrected chi connectivity index (χ2v) is 5.87. The summed E-state index contributed by atoms with van der Waals surface area (Å²) in [5.41, 5.74) is -0.407. The molecule has 0 bridgehead atoms. The van der Waals surface area contributed by atoms with Crippen LogP contribution in [0.25, 0.3) is 0 Å². The van der Waals surface area contributed by atoms with Crippen molar-refractivity contribution in [2.45, 2.75) is 37.7 Å². The summed E-state index contributed by atoms with van der Waals surface area (Å²) in [6.45, 7) is 1.85. The van der Waals surface area contributed by atoms with Gasteiger partial charge in [-0.25, -0.2) is 4.98 Å². The topological polar surface area (TPSA) is 48.4 Å². The highest BCUT2D eigenvalue weighted by atomic mass is 16.3. The van der Waals surface area contributed by atoms with E-state index in [0.29, 0.717) is 5.92 Å². The molecule has 2 fully saturated rings. The standard InChI is InChI=1S/C15H23N3O/c1-16-13-6-4-7-14(17-13)18-10-9-15(19)8-3-2-5-12(15)11-18/h4,6-7,12,19H,2-3,5,8-11H2,1H3,(H,16,17). The van der Waals surface area contributed by atoms with Gasteiger partial charge in [0.25, 0.3) is 0 Å². The molecule has 3 rings (SSSR count). The minimum absolute atomic E-state index is 0.407. The first-order valence-electron chi connectivity index (χ1n) is 7.33. The molecular weight excluding hydrogens is 238 g/mol. The van der Waals surface area contributed by atoms with Gasteiger partial charge in [0.15, 0.2) is 0 Å². The maximum Gasteiger partial charge on any atom is 0.130 e. The molecule has 1 aromatic heterocycles. The van der Waals surface area contributed by atoms with Crippen LogP contribution in [0.3, 0.4) is 0 Å². The maximum absolute atomic E-state index is 10.7. The van der Waals surface area contributed by atoms with Crippen molar-refractivity contribution in [1.82, 2.24) is 4.98 Å². The molecule has 0 radical (unpaired) electrons. The Hall–Kier alpha value is -1.29. The Morgan fingerprint density at radius 1 is 1.37 bits per heavy atom. The number of aliphatic hydroxyl groups is 1. The zero-order valence-corrected chi connectivity index (χ0v) is 11.6. The highest BCUT2D eigenvalue weighted by Gasteiger charge is 2.42. The number of nitrogens with one attached hydrogen (secondary N) is 1. The number of piperidine rings is 1. The lowest BCUT2D eigenvalue weighted by molar-refractivity contribution is -0.0613. The van der Waals surface area contributed by atoms with Crippen LogP contribution in [0, 0.1) is 5.92 Å². The summed E-state index contributed by atoms with van der Waals surface area (Å²) in [6.07, 6.45) is 5.45. The number of anilines is 2. The molecule has 4 heteroatoms. The average molecular weight is 261 g/mol. The van der Waals surface area contributed by atoms with Crippen LogP contribution >= 0.6 is 0 Å². The fourth-order valence-corrected chi connectivity index (χ4v) is 3.52. The summed E-state index contributed by atoms with van der Waals surface area (Å²) in [4.78, 5) is 6.93. The lowest BCUT2D eigenvalue weighted by Gasteiger charge is -2.47. The molecule has 1 saturated carbocycles. The molecule has 2 atom stereocenters. The van der Waals surface area contributed by atoms with E-state index in [-0.39, 0.29) is 0 Å². The summed E-state index contributed by atoms with van der Waals surface area (Å²) in [5.74, 6) is 2.34. The molecule has 0 spiro atoms. The van der Waals surface area contributed by atoms with Gasteiger partial charge in [-0.2, -0.15) is 0 Å². The second-order valence-electron chi connectivity index (χ2n) is 5.87. The number of nitrogens with zero attached hydrogens (tertiary/aromatic N) is 2. The molecule has 4 nitrogen and oxygen atoms in total. The van der Waals surface area contributed by atoms with Crippen LogP contribution in [0.5, 0.6) is 0 Å². The van der Waals surface area contributed by atoms with Crippen LogP contribution in [-0.2, 0) is 0 Å². The highest BCUT2D eigenvalue weighted by molar-refractivity contribution is 5.47. The lowest BCUT2D eigenvalue weighted by atomic mass is 9.71. The summed E-state index contributed by atoms with van der Waals surface area (Å²) < 4.78 is 0. The number of fused-ring (bicyclic) bond motifs is 1. The Bertz CT molecular complexity index is 451. The van der Waals surface area contributed by atoms with Gasteiger partial charge in [0, 0.05) is 26.1 Å². The Labute approximate surface area is 114 Å². The van der Waals surface area contributed by atoms with Crippen molar-refractivity contribution in [3.05, 3.63) is 18.2 Å². The second kappa shape index (κ2) is 5.00. The molecule has 104 valence electrons. The first-order chi connectivity index (χ1) is 9.21. The highest BCUT2D eigenvalue weighted by Crippen LogP contribution is 2.40. The van der Waals surface area contributed by atoms with Crippen LogP contribution < -0.4 is 10.2 Å². The average Bonchev–Trinajstić information content (AvgIpc) is 2.46. The van der Waals surface area contributed by atoms with Crippen molar-refractivity contribution in [2.24, 2.45) is 5.92 Å². The van der Waals surface area contributed by atoms with Gasteiger partial charge >= 0.3 is 0 Å². The van der Waals surface area contributed by atoms with Crippen LogP contribution in [0.2, 0.25) is 0 Å². The third kappa shape index (κ3) is 2.41. The van der Waals surface area contributed by atoms with Crippen LogP contribution in [0.1, 0.15) is 32.1 Å². The zero-order chi connectivity index (χ0) is 13.3. The normalized spacial score (nSPS) is 30.8. The van der Waals surface area contributed by atoms with E-state index in [1.165, 1.54) is 12.8 Å². The summed E-state index contributed by atoms with van der Waals surface area (Å²) >= 11 is 0. The van der Waals surface area contributed by atoms with Crippen molar-refractivity contribution >= 4 is 11.6 Å². The van der Waals surface area contributed by atoms with E-state index in [0.717, 1.165) is 44.0 Å². The molecule has 1 aliphatic carbocycles. The van der Waals surface area contributed by atoms with E-state index in [1.807, 2.05) is 19.2 Å². The molecule has 0 aromatic carbocycles. The number of pyridine rings is 1. The third-order valence-electron chi connectivity index (χ3n) is 4.74. The molecule has 2 heterocycles. The van der Waals surface area contributed by atoms with Crippen molar-refractivity contribution in [1.29, 1.82) is 0 Å². The molecule has 2 aliphatic rings. The van der Waals surface area contributed by atoms with E-state index in [9.17, 15) is 5.11 Å². The summed E-state index contributed by atoms with van der Waals surface area (Å²) in [5, 5.41) is 13.8. The monoisotopic (exact) mass is 261 g/mol. The number of aromatic nitrogens is 1. The van der Waals surface area contributed by atoms with Gasteiger partial charge in [-0.1, -0.05) is 18.9 Å². The van der Waals surface area contributed by atoms with Gasteiger partial charge in [-0.05, 0) is 31.4 Å². The quantitative estimate of drug-likeness (QED) is 0.857. The van der Waals surface area contributed by atoms with Crippen molar-refractivity contribution in [2.75, 3.05) is 30.4 Å². The zero-order valence-electron chi connectivity index (χ0n) is 11.6. The first kappa shape index (κ1) is 12.7. The first-order valence-corrected chi connectivity index (χ1v) is 7.33. The van der Waals surface area contributed by atoms with Gasteiger partial charge in [-0.15, -0.1) is 0 Å². The Kier molecular flexibility index (Phi) is 3.35. The lowest BCUT2D eigenvalue weighted by Crippen LogP contribution is -2.53. The molecule has 1 aromatic rings. The van der Waals surface area contributed by atoms with Crippen molar-refractivity contribution in [3.63, 3.8) is 0 Å². The van der Waals surface area contributed by atoms with Gasteiger partial charge in [-0.3, -0.25) is 0 Å². The van der Waals surface area contributed by atoms with Crippen molar-refractivity contribution < 1.29 is 5.11 Å². The number of rotatable bonds is 2. The molecule has 2 N–H and O–H groups in total. The van der Waals surface area contributed by atoms with E-state index in [4.69, 9.17) is 0 Å². The van der Waals surface area contributed by atoms with E-state index in [1.54, 1.807) is 0 Å². The number of hydrogen-bond acceptors (Lipinski definition) is 4. The Morgan fingerprint density at radius 2 is 2.26 bits per heavy atom. The molecule has 19 heavy (non-hydrogen) atoms. The minimum atomic E-state index is -0.407. The summed E-state index contributed by atoms with van der Waals surface area (Å²) in [6, 6.07) is 6.08. The smallest absolute Gasteiger partial charge is 0.130 e. The number of hydrogen-bond donors (Lipinski definition) is 2. The molecule has 1 aliphatic heterocycles. The minimum Gasteiger partial charge on any atom is -0.389 e. The van der Waals surface area contributed by atoms with E-state index in [2.05, 4.69) is 21.3 Å². The fourth-order valence-electron chi connectivity index (χ4n) is 3.52. The summed E-state index contributed by atoms with van der Waals surface area (Å²) in [7, 11) is 1.89. The maximum atomic E-state index is 10.7. The van der Waals surface area contributed by atoms with Crippen LogP contribution in [0.15, 0.2) is 18.2 Å². The predicted molar refractivity (Wildman–Crippen MR) is 77.5 cm³/mol. The van der Waals surface area contributed by atoms with Gasteiger partial charge in [0.1, 0.15) is 11.6 Å². The predicted octanol–water partition coefficient (Wildman–Crippen LogP) is 2.25. The van der Waals surface area contributed by atoms with Gasteiger partial charge < -0.3 is 15.3 Å². The molecular formula is C15H23N3O. The molecule has 1 saturated heterocycles. The third-order valence-corrected chi connectivity index (χ3v) is 4.74. The van der Waals surface area contributed by atoms with Crippen LogP contribution in [0.4, 0.5) is 11.6 Å².